The normalized spacial score (nSPS) is 26.3. The van der Waals surface area contributed by atoms with Gasteiger partial charge in [-0.25, -0.2) is 4.98 Å². The minimum atomic E-state index is -1.84. The zero-order valence-electron chi connectivity index (χ0n) is 21.4. The molecule has 1 aromatic carbocycles. The molecular formula is C26H40N2O3Si2. The summed E-state index contributed by atoms with van der Waals surface area (Å²) in [5.41, 5.74) is 2.12. The van der Waals surface area contributed by atoms with Crippen molar-refractivity contribution in [3.8, 4) is 11.6 Å². The molecule has 1 unspecified atom stereocenters. The number of fused-ring (bicyclic) bond motifs is 4. The lowest BCUT2D eigenvalue weighted by atomic mass is 9.73. The van der Waals surface area contributed by atoms with Gasteiger partial charge in [-0.05, 0) is 94.3 Å². The molecule has 180 valence electrons. The van der Waals surface area contributed by atoms with Gasteiger partial charge in [0.15, 0.2) is 14.2 Å². The van der Waals surface area contributed by atoms with E-state index in [9.17, 15) is 0 Å². The smallest absolute Gasteiger partial charge is 0.244 e. The van der Waals surface area contributed by atoms with Crippen molar-refractivity contribution in [3.63, 3.8) is 0 Å². The average molecular weight is 485 g/mol. The molecule has 3 saturated heterocycles. The molecule has 3 fully saturated rings. The molecule has 0 N–H and O–H groups in total. The third-order valence-corrected chi connectivity index (χ3v) is 8.51. The van der Waals surface area contributed by atoms with Crippen LogP contribution in [-0.2, 0) is 4.43 Å². The first-order valence-electron chi connectivity index (χ1n) is 12.2. The molecule has 5 atom stereocenters. The van der Waals surface area contributed by atoms with E-state index in [0.29, 0.717) is 23.8 Å². The van der Waals surface area contributed by atoms with Gasteiger partial charge in [0.1, 0.15) is 5.75 Å². The van der Waals surface area contributed by atoms with Gasteiger partial charge in [-0.1, -0.05) is 6.08 Å². The summed E-state index contributed by atoms with van der Waals surface area (Å²) in [4.78, 5) is 7.52. The molecule has 0 spiro atoms. The van der Waals surface area contributed by atoms with Crippen LogP contribution in [0.3, 0.4) is 0 Å². The molecule has 7 heteroatoms. The number of pyridine rings is 1. The SMILES string of the molecule is C=C[C@H]1CN2CC[C@H]1C[C@H]2[C@H](O[Si](C)(C)C)c1cc(O[Si](C)(C)C)nc2ccc(OC)cc12. The number of nitrogens with zero attached hydrogens (tertiary/aromatic N) is 2. The van der Waals surface area contributed by atoms with Crippen LogP contribution in [0.5, 0.6) is 11.6 Å². The van der Waals surface area contributed by atoms with Gasteiger partial charge in [-0.2, -0.15) is 0 Å². The van der Waals surface area contributed by atoms with Crippen LogP contribution in [0.1, 0.15) is 24.5 Å². The summed E-state index contributed by atoms with van der Waals surface area (Å²) in [6.45, 7) is 19.8. The van der Waals surface area contributed by atoms with Crippen LogP contribution in [0.15, 0.2) is 36.9 Å². The first-order chi connectivity index (χ1) is 15.5. The van der Waals surface area contributed by atoms with Crippen LogP contribution >= 0.6 is 0 Å². The monoisotopic (exact) mass is 484 g/mol. The van der Waals surface area contributed by atoms with E-state index in [1.807, 2.05) is 12.1 Å². The zero-order chi connectivity index (χ0) is 24.0. The Kier molecular flexibility index (Phi) is 6.79. The van der Waals surface area contributed by atoms with Gasteiger partial charge in [0, 0.05) is 24.0 Å². The molecule has 5 nitrogen and oxygen atoms in total. The molecule has 0 amide bonds. The van der Waals surface area contributed by atoms with E-state index in [4.69, 9.17) is 18.6 Å². The summed E-state index contributed by atoms with van der Waals surface area (Å²) in [6, 6.07) is 8.63. The third-order valence-electron chi connectivity index (χ3n) is 6.73. The molecule has 33 heavy (non-hydrogen) atoms. The van der Waals surface area contributed by atoms with Crippen molar-refractivity contribution in [3.05, 3.63) is 42.5 Å². The highest BCUT2D eigenvalue weighted by atomic mass is 28.4. The number of ether oxygens (including phenoxy) is 1. The summed E-state index contributed by atoms with van der Waals surface area (Å²) in [5, 5.41) is 1.10. The lowest BCUT2D eigenvalue weighted by Crippen LogP contribution is -2.56. The van der Waals surface area contributed by atoms with E-state index in [0.717, 1.165) is 36.2 Å². The second-order valence-electron chi connectivity index (χ2n) is 11.5. The van der Waals surface area contributed by atoms with Crippen molar-refractivity contribution < 1.29 is 13.6 Å². The molecule has 3 aliphatic heterocycles. The maximum absolute atomic E-state index is 7.01. The van der Waals surface area contributed by atoms with E-state index in [2.05, 4.69) is 69.0 Å². The van der Waals surface area contributed by atoms with E-state index in [1.165, 1.54) is 12.0 Å². The number of methoxy groups -OCH3 is 1. The molecule has 0 aliphatic carbocycles. The molecule has 2 bridgehead atoms. The highest BCUT2D eigenvalue weighted by molar-refractivity contribution is 6.70. The zero-order valence-corrected chi connectivity index (χ0v) is 23.4. The van der Waals surface area contributed by atoms with Crippen molar-refractivity contribution in [2.24, 2.45) is 11.8 Å². The molecular weight excluding hydrogens is 444 g/mol. The van der Waals surface area contributed by atoms with Crippen molar-refractivity contribution in [2.45, 2.75) is 64.3 Å². The van der Waals surface area contributed by atoms with Crippen LogP contribution in [-0.4, -0.2) is 52.8 Å². The number of piperidine rings is 3. The molecule has 3 aliphatic rings. The third kappa shape index (κ3) is 5.53. The second-order valence-corrected chi connectivity index (χ2v) is 20.4. The predicted octanol–water partition coefficient (Wildman–Crippen LogP) is 6.25. The fourth-order valence-electron chi connectivity index (χ4n) is 5.36. The molecule has 5 rings (SSSR count). The number of benzene rings is 1. The van der Waals surface area contributed by atoms with E-state index >= 15 is 0 Å². The predicted molar refractivity (Wildman–Crippen MR) is 141 cm³/mol. The molecule has 0 saturated carbocycles. The van der Waals surface area contributed by atoms with Gasteiger partial charge in [0.25, 0.3) is 0 Å². The van der Waals surface area contributed by atoms with Crippen LogP contribution in [0.2, 0.25) is 39.3 Å². The fraction of sp³-hybridized carbons (Fsp3) is 0.577. The Labute approximate surface area is 201 Å². The van der Waals surface area contributed by atoms with Gasteiger partial charge in [0.05, 0.1) is 18.7 Å². The Morgan fingerprint density at radius 2 is 1.88 bits per heavy atom. The minimum Gasteiger partial charge on any atom is -0.531 e. The summed E-state index contributed by atoms with van der Waals surface area (Å²) in [5.74, 6) is 2.83. The van der Waals surface area contributed by atoms with Gasteiger partial charge >= 0.3 is 0 Å². The molecule has 2 aromatic rings. The second kappa shape index (κ2) is 9.17. The largest absolute Gasteiger partial charge is 0.531 e. The van der Waals surface area contributed by atoms with E-state index < -0.39 is 16.6 Å². The maximum atomic E-state index is 7.01. The Balaban J connectivity index is 1.85. The lowest BCUT2D eigenvalue weighted by molar-refractivity contribution is -0.0382. The van der Waals surface area contributed by atoms with Crippen molar-refractivity contribution in [1.29, 1.82) is 0 Å². The quantitative estimate of drug-likeness (QED) is 0.327. The highest BCUT2D eigenvalue weighted by Gasteiger charge is 2.44. The van der Waals surface area contributed by atoms with E-state index in [1.54, 1.807) is 7.11 Å². The van der Waals surface area contributed by atoms with Crippen molar-refractivity contribution >= 4 is 27.5 Å². The van der Waals surface area contributed by atoms with Gasteiger partial charge < -0.3 is 13.6 Å². The molecule has 4 heterocycles. The van der Waals surface area contributed by atoms with E-state index in [-0.39, 0.29) is 6.10 Å². The minimum absolute atomic E-state index is 0.0215. The Morgan fingerprint density at radius 1 is 1.12 bits per heavy atom. The van der Waals surface area contributed by atoms with Crippen LogP contribution < -0.4 is 9.16 Å². The maximum Gasteiger partial charge on any atom is 0.244 e. The summed E-state index contributed by atoms with van der Waals surface area (Å²) >= 11 is 0. The van der Waals surface area contributed by atoms with Crippen molar-refractivity contribution in [1.82, 2.24) is 9.88 Å². The standard InChI is InChI=1S/C26H40N2O3Si2/c1-9-18-17-28-13-12-19(18)14-24(28)26(31-33(6,7)8)22-16-25(30-32(3,4)5)27-23-11-10-20(29-2)15-21(22)23/h9-11,15-16,18-19,24,26H,1,12-14,17H2,2-8H3/t18-,19-,24-,26+/m0/s1. The van der Waals surface area contributed by atoms with Crippen LogP contribution in [0.4, 0.5) is 0 Å². The first kappa shape index (κ1) is 24.4. The Bertz CT molecular complexity index is 1010. The first-order valence-corrected chi connectivity index (χ1v) is 19.0. The summed E-state index contributed by atoms with van der Waals surface area (Å²) < 4.78 is 19.0. The van der Waals surface area contributed by atoms with Crippen LogP contribution in [0.25, 0.3) is 10.9 Å². The summed E-state index contributed by atoms with van der Waals surface area (Å²) in [6.07, 6.45) is 4.53. The Morgan fingerprint density at radius 3 is 2.45 bits per heavy atom. The lowest BCUT2D eigenvalue weighted by Gasteiger charge is -2.52. The molecule has 1 aromatic heterocycles. The van der Waals surface area contributed by atoms with Gasteiger partial charge in [-0.3, -0.25) is 4.90 Å². The number of hydrogen-bond acceptors (Lipinski definition) is 5. The number of rotatable bonds is 8. The molecule has 0 radical (unpaired) electrons. The highest BCUT2D eigenvalue weighted by Crippen LogP contribution is 2.45. The van der Waals surface area contributed by atoms with Crippen molar-refractivity contribution in [2.75, 3.05) is 20.2 Å². The van der Waals surface area contributed by atoms with Gasteiger partial charge in [-0.15, -0.1) is 6.58 Å². The average Bonchev–Trinajstić information content (AvgIpc) is 2.75. The fourth-order valence-corrected chi connectivity index (χ4v) is 7.13. The summed E-state index contributed by atoms with van der Waals surface area (Å²) in [7, 11) is -1.94. The van der Waals surface area contributed by atoms with Gasteiger partial charge in [0.2, 0.25) is 8.32 Å². The van der Waals surface area contributed by atoms with Crippen LogP contribution in [0, 0.1) is 11.8 Å². The number of hydrogen-bond donors (Lipinski definition) is 0. The Hall–Kier alpha value is -1.68. The number of aromatic nitrogens is 1. The topological polar surface area (TPSA) is 43.8 Å².